The van der Waals surface area contributed by atoms with Crippen LogP contribution in [0.4, 0.5) is 0 Å². The third kappa shape index (κ3) is 6.55. The average molecular weight is 330 g/mol. The maximum atomic E-state index is 11.9. The molecule has 6 nitrogen and oxygen atoms in total. The number of ether oxygens (including phenoxy) is 1. The van der Waals surface area contributed by atoms with Gasteiger partial charge in [0.1, 0.15) is 0 Å². The largest absolute Gasteiger partial charge is 0.466 e. The van der Waals surface area contributed by atoms with Crippen LogP contribution in [0, 0.1) is 6.92 Å². The number of aryl methyl sites for hydroxylation is 1. The lowest BCUT2D eigenvalue weighted by Gasteiger charge is -2.11. The molecule has 0 fully saturated rings. The highest BCUT2D eigenvalue weighted by molar-refractivity contribution is 7.86. The summed E-state index contributed by atoms with van der Waals surface area (Å²) in [6, 6.07) is 6.26. The Kier molecular flexibility index (Phi) is 7.50. The summed E-state index contributed by atoms with van der Waals surface area (Å²) in [5.74, 6) is -0.331. The van der Waals surface area contributed by atoms with E-state index in [2.05, 4.69) is 0 Å². The topological polar surface area (TPSA) is 89.9 Å². The van der Waals surface area contributed by atoms with Crippen LogP contribution in [0.1, 0.15) is 31.7 Å². The summed E-state index contributed by atoms with van der Waals surface area (Å²) in [5, 5.41) is 9.70. The van der Waals surface area contributed by atoms with Gasteiger partial charge in [0, 0.05) is 6.42 Å². The SMILES string of the molecule is CCOC(=O)CCCC(O)COS(=O)(=O)c1ccc(C)cc1. The second-order valence-corrected chi connectivity index (χ2v) is 6.52. The van der Waals surface area contributed by atoms with Crippen molar-refractivity contribution in [2.75, 3.05) is 13.2 Å². The smallest absolute Gasteiger partial charge is 0.305 e. The van der Waals surface area contributed by atoms with Crippen molar-refractivity contribution in [3.05, 3.63) is 29.8 Å². The van der Waals surface area contributed by atoms with Gasteiger partial charge < -0.3 is 9.84 Å². The molecule has 1 N–H and O–H groups in total. The van der Waals surface area contributed by atoms with E-state index in [9.17, 15) is 18.3 Å². The summed E-state index contributed by atoms with van der Waals surface area (Å²) >= 11 is 0. The maximum absolute atomic E-state index is 11.9. The molecule has 124 valence electrons. The van der Waals surface area contributed by atoms with Crippen LogP contribution in [0.3, 0.4) is 0 Å². The van der Waals surface area contributed by atoms with Crippen LogP contribution in [0.5, 0.6) is 0 Å². The van der Waals surface area contributed by atoms with E-state index in [4.69, 9.17) is 8.92 Å². The van der Waals surface area contributed by atoms with Gasteiger partial charge in [0.05, 0.1) is 24.2 Å². The van der Waals surface area contributed by atoms with Crippen molar-refractivity contribution in [3.63, 3.8) is 0 Å². The molecule has 1 atom stereocenters. The third-order valence-electron chi connectivity index (χ3n) is 2.95. The van der Waals surface area contributed by atoms with Crippen molar-refractivity contribution < 1.29 is 27.2 Å². The van der Waals surface area contributed by atoms with E-state index in [0.29, 0.717) is 13.0 Å². The summed E-state index contributed by atoms with van der Waals surface area (Å²) in [4.78, 5) is 11.2. The number of hydrogen-bond donors (Lipinski definition) is 1. The van der Waals surface area contributed by atoms with Crippen LogP contribution in [-0.2, 0) is 23.8 Å². The standard InChI is InChI=1S/C15H22O6S/c1-3-20-15(17)6-4-5-13(16)11-21-22(18,19)14-9-7-12(2)8-10-14/h7-10,13,16H,3-6,11H2,1-2H3. The minimum Gasteiger partial charge on any atom is -0.466 e. The van der Waals surface area contributed by atoms with Crippen LogP contribution in [0.2, 0.25) is 0 Å². The minimum atomic E-state index is -3.87. The highest BCUT2D eigenvalue weighted by Gasteiger charge is 2.17. The molecule has 0 aliphatic heterocycles. The van der Waals surface area contributed by atoms with Gasteiger partial charge in [-0.25, -0.2) is 0 Å². The zero-order chi connectivity index (χ0) is 16.6. The monoisotopic (exact) mass is 330 g/mol. The summed E-state index contributed by atoms with van der Waals surface area (Å²) in [6.07, 6.45) is -0.0825. The van der Waals surface area contributed by atoms with E-state index in [0.717, 1.165) is 5.56 Å². The maximum Gasteiger partial charge on any atom is 0.305 e. The van der Waals surface area contributed by atoms with Gasteiger partial charge in [-0.15, -0.1) is 0 Å². The number of carbonyl (C=O) groups excluding carboxylic acids is 1. The summed E-state index contributed by atoms with van der Waals surface area (Å²) < 4.78 is 33.4. The van der Waals surface area contributed by atoms with E-state index in [-0.39, 0.29) is 30.3 Å². The van der Waals surface area contributed by atoms with Gasteiger partial charge in [-0.3, -0.25) is 8.98 Å². The first-order chi connectivity index (χ1) is 10.3. The molecule has 0 saturated heterocycles. The zero-order valence-electron chi connectivity index (χ0n) is 12.8. The zero-order valence-corrected chi connectivity index (χ0v) is 13.6. The molecule has 0 aliphatic rings. The van der Waals surface area contributed by atoms with Crippen LogP contribution >= 0.6 is 0 Å². The molecule has 1 aromatic carbocycles. The molecule has 0 heterocycles. The number of aliphatic hydroxyl groups excluding tert-OH is 1. The lowest BCUT2D eigenvalue weighted by atomic mass is 10.1. The first-order valence-corrected chi connectivity index (χ1v) is 8.55. The number of carbonyl (C=O) groups is 1. The van der Waals surface area contributed by atoms with Crippen LogP contribution in [-0.4, -0.2) is 38.8 Å². The summed E-state index contributed by atoms with van der Waals surface area (Å²) in [7, 11) is -3.87. The van der Waals surface area contributed by atoms with Gasteiger partial charge in [-0.1, -0.05) is 17.7 Å². The van der Waals surface area contributed by atoms with Crippen molar-refractivity contribution in [2.24, 2.45) is 0 Å². The second-order valence-electron chi connectivity index (χ2n) is 4.90. The predicted molar refractivity (Wildman–Crippen MR) is 80.8 cm³/mol. The van der Waals surface area contributed by atoms with E-state index >= 15 is 0 Å². The normalized spacial score (nSPS) is 12.9. The van der Waals surface area contributed by atoms with E-state index in [1.54, 1.807) is 19.1 Å². The molecule has 0 aromatic heterocycles. The molecule has 0 saturated carbocycles. The Morgan fingerprint density at radius 1 is 1.27 bits per heavy atom. The van der Waals surface area contributed by atoms with Crippen molar-refractivity contribution in [3.8, 4) is 0 Å². The van der Waals surface area contributed by atoms with Crippen molar-refractivity contribution >= 4 is 16.1 Å². The highest BCUT2D eigenvalue weighted by atomic mass is 32.2. The van der Waals surface area contributed by atoms with Crippen LogP contribution in [0.15, 0.2) is 29.2 Å². The predicted octanol–water partition coefficient (Wildman–Crippen LogP) is 1.79. The van der Waals surface area contributed by atoms with Crippen molar-refractivity contribution in [1.82, 2.24) is 0 Å². The van der Waals surface area contributed by atoms with E-state index in [1.807, 2.05) is 6.92 Å². The van der Waals surface area contributed by atoms with Gasteiger partial charge in [0.2, 0.25) is 0 Å². The fourth-order valence-electron chi connectivity index (χ4n) is 1.74. The lowest BCUT2D eigenvalue weighted by molar-refractivity contribution is -0.143. The van der Waals surface area contributed by atoms with Crippen molar-refractivity contribution in [2.45, 2.75) is 44.1 Å². The lowest BCUT2D eigenvalue weighted by Crippen LogP contribution is -2.19. The van der Waals surface area contributed by atoms with Crippen molar-refractivity contribution in [1.29, 1.82) is 0 Å². The second kappa shape index (κ2) is 8.87. The molecular formula is C15H22O6S. The molecule has 0 radical (unpaired) electrons. The molecule has 22 heavy (non-hydrogen) atoms. The Morgan fingerprint density at radius 3 is 2.50 bits per heavy atom. The summed E-state index contributed by atoms with van der Waals surface area (Å²) in [5.41, 5.74) is 0.943. The molecule has 1 rings (SSSR count). The fourth-order valence-corrected chi connectivity index (χ4v) is 2.68. The van der Waals surface area contributed by atoms with Crippen LogP contribution < -0.4 is 0 Å². The first kappa shape index (κ1) is 18.6. The third-order valence-corrected chi connectivity index (χ3v) is 4.24. The highest BCUT2D eigenvalue weighted by Crippen LogP contribution is 2.14. The number of aliphatic hydroxyl groups is 1. The van der Waals surface area contributed by atoms with Gasteiger partial charge in [-0.05, 0) is 38.8 Å². The minimum absolute atomic E-state index is 0.0526. The molecule has 1 aromatic rings. The number of hydrogen-bond acceptors (Lipinski definition) is 6. The van der Waals surface area contributed by atoms with Gasteiger partial charge in [0.25, 0.3) is 10.1 Å². The molecular weight excluding hydrogens is 308 g/mol. The van der Waals surface area contributed by atoms with E-state index in [1.165, 1.54) is 12.1 Å². The molecule has 0 aliphatic carbocycles. The first-order valence-electron chi connectivity index (χ1n) is 7.15. The Bertz CT molecular complexity index is 564. The molecule has 1 unspecified atom stereocenters. The Morgan fingerprint density at radius 2 is 1.91 bits per heavy atom. The number of benzene rings is 1. The quantitative estimate of drug-likeness (QED) is 0.548. The van der Waals surface area contributed by atoms with Crippen LogP contribution in [0.25, 0.3) is 0 Å². The number of esters is 1. The van der Waals surface area contributed by atoms with Gasteiger partial charge in [0.15, 0.2) is 0 Å². The van der Waals surface area contributed by atoms with Gasteiger partial charge in [-0.2, -0.15) is 8.42 Å². The Balaban J connectivity index is 2.38. The Hall–Kier alpha value is -1.44. The molecule has 0 bridgehead atoms. The van der Waals surface area contributed by atoms with Gasteiger partial charge >= 0.3 is 5.97 Å². The molecule has 0 amide bonds. The number of rotatable bonds is 9. The Labute approximate surface area is 131 Å². The fraction of sp³-hybridized carbons (Fsp3) is 0.533. The summed E-state index contributed by atoms with van der Waals surface area (Å²) in [6.45, 7) is 3.55. The average Bonchev–Trinajstić information content (AvgIpc) is 2.46. The molecule has 7 heteroatoms. The van der Waals surface area contributed by atoms with E-state index < -0.39 is 16.2 Å². The molecule has 0 spiro atoms.